The molecule has 0 saturated carbocycles. The maximum Gasteiger partial charge on any atom is 0.318 e. The molecule has 0 spiro atoms. The summed E-state index contributed by atoms with van der Waals surface area (Å²) in [5, 5.41) is 2.46. The van der Waals surface area contributed by atoms with Crippen molar-refractivity contribution in [3.05, 3.63) is 36.5 Å². The number of imide groups is 1. The van der Waals surface area contributed by atoms with E-state index in [9.17, 15) is 9.59 Å². The van der Waals surface area contributed by atoms with Gasteiger partial charge < -0.3 is 10.3 Å². The van der Waals surface area contributed by atoms with Crippen molar-refractivity contribution in [1.29, 1.82) is 0 Å². The molecule has 1 aromatic carbocycles. The molecule has 0 fully saturated rings. The molecular weight excluding hydrogens is 324 g/mol. The predicted molar refractivity (Wildman–Crippen MR) is 95.5 cm³/mol. The summed E-state index contributed by atoms with van der Waals surface area (Å²) in [5.41, 5.74) is 7.13. The molecule has 0 aliphatic carbocycles. The second-order valence-electron chi connectivity index (χ2n) is 5.67. The molecule has 2 aromatic rings. The molecule has 3 N–H and O–H groups in total. The van der Waals surface area contributed by atoms with Crippen LogP contribution in [0.4, 0.5) is 4.79 Å². The van der Waals surface area contributed by atoms with Gasteiger partial charge in [-0.3, -0.25) is 10.1 Å². The van der Waals surface area contributed by atoms with Crippen molar-refractivity contribution in [3.8, 4) is 11.3 Å². The lowest BCUT2D eigenvalue weighted by molar-refractivity contribution is -0.120. The van der Waals surface area contributed by atoms with Crippen LogP contribution in [-0.2, 0) is 11.3 Å². The van der Waals surface area contributed by atoms with Crippen molar-refractivity contribution in [2.75, 3.05) is 0 Å². The first kappa shape index (κ1) is 18.1. The van der Waals surface area contributed by atoms with Crippen molar-refractivity contribution in [3.63, 3.8) is 0 Å². The molecule has 1 atom stereocenters. The fourth-order valence-electron chi connectivity index (χ4n) is 2.40. The third-order valence-corrected chi connectivity index (χ3v) is 5.10. The minimum absolute atomic E-state index is 0.0246. The van der Waals surface area contributed by atoms with E-state index in [0.717, 1.165) is 23.0 Å². The molecule has 1 heterocycles. The summed E-state index contributed by atoms with van der Waals surface area (Å²) in [4.78, 5) is 27.6. The van der Waals surface area contributed by atoms with Crippen LogP contribution in [0.5, 0.6) is 0 Å². The molecule has 0 aliphatic rings. The van der Waals surface area contributed by atoms with E-state index in [4.69, 9.17) is 5.73 Å². The Balaban J connectivity index is 2.30. The number of thioether (sulfide) groups is 1. The highest BCUT2D eigenvalue weighted by atomic mass is 32.2. The van der Waals surface area contributed by atoms with Gasteiger partial charge in [-0.15, -0.1) is 0 Å². The minimum atomic E-state index is -0.838. The number of imidazole rings is 1. The zero-order valence-electron chi connectivity index (χ0n) is 14.0. The van der Waals surface area contributed by atoms with Gasteiger partial charge in [0.15, 0.2) is 5.16 Å². The molecule has 0 bridgehead atoms. The van der Waals surface area contributed by atoms with E-state index < -0.39 is 17.2 Å². The average molecular weight is 346 g/mol. The van der Waals surface area contributed by atoms with Crippen LogP contribution in [0.3, 0.4) is 0 Å². The van der Waals surface area contributed by atoms with E-state index in [1.165, 1.54) is 11.8 Å². The number of nitrogens with two attached hydrogens (primary N) is 1. The summed E-state index contributed by atoms with van der Waals surface area (Å²) in [6.07, 6.45) is 1.81. The quantitative estimate of drug-likeness (QED) is 0.787. The highest BCUT2D eigenvalue weighted by Gasteiger charge is 2.27. The first-order valence-electron chi connectivity index (χ1n) is 7.82. The Kier molecular flexibility index (Phi) is 6.03. The predicted octanol–water partition coefficient (Wildman–Crippen LogP) is 2.88. The van der Waals surface area contributed by atoms with Gasteiger partial charge in [-0.1, -0.05) is 55.9 Å². The number of primary amides is 1. The number of nitrogens with one attached hydrogen (secondary N) is 1. The molecule has 0 radical (unpaired) electrons. The number of carbonyl (C=O) groups is 2. The second kappa shape index (κ2) is 8.01. The van der Waals surface area contributed by atoms with Gasteiger partial charge in [-0.25, -0.2) is 9.78 Å². The number of urea groups is 1. The number of hydrogen-bond donors (Lipinski definition) is 2. The average Bonchev–Trinajstić information content (AvgIpc) is 2.95. The number of carbonyl (C=O) groups excluding carboxylic acids is 2. The van der Waals surface area contributed by atoms with Gasteiger partial charge in [0.1, 0.15) is 0 Å². The lowest BCUT2D eigenvalue weighted by Crippen LogP contribution is -2.42. The SMILES string of the molecule is CCn1c(-c2ccccc2)cnc1S[C@H](C(=O)NC(N)=O)C(C)C. The van der Waals surface area contributed by atoms with E-state index in [1.807, 2.05) is 57.3 Å². The fourth-order valence-corrected chi connectivity index (χ4v) is 3.53. The Morgan fingerprint density at radius 3 is 2.50 bits per heavy atom. The van der Waals surface area contributed by atoms with E-state index in [-0.39, 0.29) is 5.92 Å². The van der Waals surface area contributed by atoms with E-state index >= 15 is 0 Å². The zero-order valence-corrected chi connectivity index (χ0v) is 14.8. The van der Waals surface area contributed by atoms with Crippen LogP contribution in [-0.4, -0.2) is 26.7 Å². The topological polar surface area (TPSA) is 90.0 Å². The molecule has 128 valence electrons. The molecule has 0 unspecified atom stereocenters. The van der Waals surface area contributed by atoms with Crippen molar-refractivity contribution >= 4 is 23.7 Å². The Labute approximate surface area is 145 Å². The Bertz CT molecular complexity index is 713. The van der Waals surface area contributed by atoms with Gasteiger partial charge in [0.25, 0.3) is 0 Å². The summed E-state index contributed by atoms with van der Waals surface area (Å²) < 4.78 is 2.06. The highest BCUT2D eigenvalue weighted by Crippen LogP contribution is 2.31. The summed E-state index contributed by atoms with van der Waals surface area (Å²) in [7, 11) is 0. The van der Waals surface area contributed by atoms with Crippen LogP contribution in [0, 0.1) is 5.92 Å². The van der Waals surface area contributed by atoms with Crippen LogP contribution < -0.4 is 11.1 Å². The first-order chi connectivity index (χ1) is 11.4. The third kappa shape index (κ3) is 4.17. The molecule has 6 nitrogen and oxygen atoms in total. The van der Waals surface area contributed by atoms with Gasteiger partial charge in [-0.2, -0.15) is 0 Å². The van der Waals surface area contributed by atoms with Crippen LogP contribution >= 0.6 is 11.8 Å². The molecule has 1 aromatic heterocycles. The molecule has 24 heavy (non-hydrogen) atoms. The number of nitrogens with zero attached hydrogens (tertiary/aromatic N) is 2. The summed E-state index contributed by atoms with van der Waals surface area (Å²) in [6, 6.07) is 9.14. The number of hydrogen-bond acceptors (Lipinski definition) is 4. The van der Waals surface area contributed by atoms with Crippen molar-refractivity contribution < 1.29 is 9.59 Å². The van der Waals surface area contributed by atoms with Crippen molar-refractivity contribution in [2.45, 2.75) is 37.7 Å². The van der Waals surface area contributed by atoms with Gasteiger partial charge in [0, 0.05) is 6.54 Å². The number of benzene rings is 1. The molecule has 3 amide bonds. The maximum absolute atomic E-state index is 12.2. The molecule has 7 heteroatoms. The number of amides is 3. The maximum atomic E-state index is 12.2. The van der Waals surface area contributed by atoms with E-state index in [0.29, 0.717) is 0 Å². The highest BCUT2D eigenvalue weighted by molar-refractivity contribution is 8.00. The van der Waals surface area contributed by atoms with Crippen molar-refractivity contribution in [2.24, 2.45) is 11.7 Å². The van der Waals surface area contributed by atoms with Gasteiger partial charge >= 0.3 is 6.03 Å². The van der Waals surface area contributed by atoms with Gasteiger partial charge in [-0.05, 0) is 18.4 Å². The Morgan fingerprint density at radius 1 is 1.29 bits per heavy atom. The lowest BCUT2D eigenvalue weighted by Gasteiger charge is -2.19. The first-order valence-corrected chi connectivity index (χ1v) is 8.69. The van der Waals surface area contributed by atoms with Crippen LogP contribution in [0.15, 0.2) is 41.7 Å². The van der Waals surface area contributed by atoms with Crippen LogP contribution in [0.1, 0.15) is 20.8 Å². The number of aromatic nitrogens is 2. The largest absolute Gasteiger partial charge is 0.351 e. The molecule has 2 rings (SSSR count). The summed E-state index contributed by atoms with van der Waals surface area (Å²) >= 11 is 1.35. The van der Waals surface area contributed by atoms with Crippen molar-refractivity contribution in [1.82, 2.24) is 14.9 Å². The lowest BCUT2D eigenvalue weighted by atomic mass is 10.1. The molecular formula is C17H22N4O2S. The van der Waals surface area contributed by atoms with Gasteiger partial charge in [0.2, 0.25) is 5.91 Å². The Hall–Kier alpha value is -2.28. The van der Waals surface area contributed by atoms with E-state index in [1.54, 1.807) is 0 Å². The second-order valence-corrected chi connectivity index (χ2v) is 6.78. The number of rotatable bonds is 6. The normalized spacial score (nSPS) is 12.2. The summed E-state index contributed by atoms with van der Waals surface area (Å²) in [5.74, 6) is -0.369. The zero-order chi connectivity index (χ0) is 17.7. The minimum Gasteiger partial charge on any atom is -0.351 e. The van der Waals surface area contributed by atoms with Crippen LogP contribution in [0.2, 0.25) is 0 Å². The molecule has 0 saturated heterocycles. The summed E-state index contributed by atoms with van der Waals surface area (Å²) in [6.45, 7) is 6.62. The third-order valence-electron chi connectivity index (χ3n) is 3.55. The fraction of sp³-hybridized carbons (Fsp3) is 0.353. The van der Waals surface area contributed by atoms with Crippen LogP contribution in [0.25, 0.3) is 11.3 Å². The monoisotopic (exact) mass is 346 g/mol. The smallest absolute Gasteiger partial charge is 0.318 e. The molecule has 0 aliphatic heterocycles. The Morgan fingerprint density at radius 2 is 1.96 bits per heavy atom. The standard InChI is InChI=1S/C17H22N4O2S/c1-4-21-13(12-8-6-5-7-9-12)10-19-17(21)24-14(11(2)3)15(22)20-16(18)23/h5-11,14H,4H2,1-3H3,(H3,18,20,22,23)/t14-/m0/s1. The van der Waals surface area contributed by atoms with E-state index in [2.05, 4.69) is 14.9 Å². The van der Waals surface area contributed by atoms with Gasteiger partial charge in [0.05, 0.1) is 17.1 Å².